The maximum absolute atomic E-state index is 13.1. The quantitative estimate of drug-likeness (QED) is 0.626. The van der Waals surface area contributed by atoms with Gasteiger partial charge in [0.05, 0.1) is 6.61 Å². The summed E-state index contributed by atoms with van der Waals surface area (Å²) in [5.74, 6) is -0.634. The van der Waals surface area contributed by atoms with E-state index in [2.05, 4.69) is 10.3 Å². The van der Waals surface area contributed by atoms with Crippen molar-refractivity contribution in [2.24, 2.45) is 0 Å². The number of nitrogens with one attached hydrogen (secondary N) is 1. The van der Waals surface area contributed by atoms with E-state index < -0.39 is 11.6 Å². The van der Waals surface area contributed by atoms with E-state index >= 15 is 0 Å². The van der Waals surface area contributed by atoms with E-state index in [9.17, 15) is 9.18 Å². The molecule has 1 rings (SSSR count). The number of halogens is 1. The van der Waals surface area contributed by atoms with Crippen LogP contribution in [0.4, 0.5) is 4.39 Å². The summed E-state index contributed by atoms with van der Waals surface area (Å²) in [4.78, 5) is 15.5. The van der Waals surface area contributed by atoms with Gasteiger partial charge in [-0.25, -0.2) is 9.87 Å². The monoisotopic (exact) mass is 161 g/mol. The molecule has 0 aromatic rings. The molecular weight excluding hydrogens is 149 g/mol. The number of hydrogen-bond donors (Lipinski definition) is 1. The van der Waals surface area contributed by atoms with Gasteiger partial charge in [0, 0.05) is 0 Å². The van der Waals surface area contributed by atoms with Crippen LogP contribution < -0.4 is 5.48 Å². The Balaban J connectivity index is 2.28. The molecule has 1 aliphatic carbocycles. The summed E-state index contributed by atoms with van der Waals surface area (Å²) in [6.07, 6.45) is 1.44. The number of carbonyl (C=O) groups excluding carboxylic acids is 1. The van der Waals surface area contributed by atoms with Crippen LogP contribution in [-0.2, 0) is 9.63 Å². The van der Waals surface area contributed by atoms with Crippen molar-refractivity contribution in [3.63, 3.8) is 0 Å². The maximum Gasteiger partial charge on any atom is 0.281 e. The average Bonchev–Trinajstić information content (AvgIpc) is 1.95. The molecule has 0 aliphatic heterocycles. The first-order valence-electron chi connectivity index (χ1n) is 3.80. The number of hydroxylamine groups is 1. The molecule has 0 aromatic carbocycles. The van der Waals surface area contributed by atoms with Gasteiger partial charge < -0.3 is 0 Å². The zero-order valence-corrected chi connectivity index (χ0v) is 6.52. The minimum absolute atomic E-state index is 0.325. The lowest BCUT2D eigenvalue weighted by Gasteiger charge is -2.31. The molecule has 11 heavy (non-hydrogen) atoms. The molecular formula is C7H12FNO2. The van der Waals surface area contributed by atoms with E-state index in [1.807, 2.05) is 0 Å². The number of rotatable bonds is 3. The molecule has 0 atom stereocenters. The summed E-state index contributed by atoms with van der Waals surface area (Å²) in [5, 5.41) is 0. The summed E-state index contributed by atoms with van der Waals surface area (Å²) in [5.41, 5.74) is 0.417. The van der Waals surface area contributed by atoms with Crippen LogP contribution in [0.5, 0.6) is 0 Å². The van der Waals surface area contributed by atoms with E-state index in [0.717, 1.165) is 6.42 Å². The van der Waals surface area contributed by atoms with Crippen LogP contribution >= 0.6 is 0 Å². The highest BCUT2D eigenvalue weighted by Crippen LogP contribution is 2.35. The van der Waals surface area contributed by atoms with Gasteiger partial charge >= 0.3 is 0 Å². The number of carbonyl (C=O) groups is 1. The minimum atomic E-state index is -1.64. The second-order valence-corrected chi connectivity index (χ2v) is 2.68. The molecule has 1 fully saturated rings. The first kappa shape index (κ1) is 8.46. The highest BCUT2D eigenvalue weighted by Gasteiger charge is 2.44. The smallest absolute Gasteiger partial charge is 0.274 e. The molecule has 0 radical (unpaired) electrons. The number of amides is 1. The van der Waals surface area contributed by atoms with Gasteiger partial charge in [-0.15, -0.1) is 0 Å². The Morgan fingerprint density at radius 2 is 2.36 bits per heavy atom. The van der Waals surface area contributed by atoms with E-state index in [0.29, 0.717) is 19.4 Å². The zero-order valence-electron chi connectivity index (χ0n) is 6.52. The van der Waals surface area contributed by atoms with Gasteiger partial charge in [-0.3, -0.25) is 9.63 Å². The standard InChI is InChI=1S/C7H12FNO2/c1-2-11-9-6(10)7(8)4-3-5-7/h2-5H2,1H3,(H,9,10). The molecule has 0 bridgehead atoms. The van der Waals surface area contributed by atoms with Crippen LogP contribution in [0.1, 0.15) is 26.2 Å². The number of alkyl halides is 1. The molecule has 0 saturated heterocycles. The van der Waals surface area contributed by atoms with Crippen LogP contribution in [0.3, 0.4) is 0 Å². The third-order valence-electron chi connectivity index (χ3n) is 1.86. The topological polar surface area (TPSA) is 38.3 Å². The summed E-state index contributed by atoms with van der Waals surface area (Å²) in [6.45, 7) is 2.09. The SMILES string of the molecule is CCONC(=O)C1(F)CCC1. The molecule has 1 N–H and O–H groups in total. The summed E-state index contributed by atoms with van der Waals surface area (Å²) < 4.78 is 13.1. The normalized spacial score (nSPS) is 20.5. The fourth-order valence-electron chi connectivity index (χ4n) is 0.943. The van der Waals surface area contributed by atoms with Gasteiger partial charge in [0.25, 0.3) is 5.91 Å². The van der Waals surface area contributed by atoms with Gasteiger partial charge in [-0.1, -0.05) is 0 Å². The van der Waals surface area contributed by atoms with E-state index in [4.69, 9.17) is 0 Å². The van der Waals surface area contributed by atoms with E-state index in [1.165, 1.54) is 0 Å². The maximum atomic E-state index is 13.1. The van der Waals surface area contributed by atoms with Gasteiger partial charge in [0.2, 0.25) is 0 Å². The highest BCUT2D eigenvalue weighted by molar-refractivity contribution is 5.85. The Kier molecular flexibility index (Phi) is 2.44. The summed E-state index contributed by atoms with van der Waals surface area (Å²) in [6, 6.07) is 0. The molecule has 0 heterocycles. The van der Waals surface area contributed by atoms with Crippen molar-refractivity contribution in [2.75, 3.05) is 6.61 Å². The van der Waals surface area contributed by atoms with Crippen LogP contribution in [0.15, 0.2) is 0 Å². The lowest BCUT2D eigenvalue weighted by Crippen LogP contribution is -2.48. The van der Waals surface area contributed by atoms with Crippen molar-refractivity contribution in [1.29, 1.82) is 0 Å². The highest BCUT2D eigenvalue weighted by atomic mass is 19.1. The predicted molar refractivity (Wildman–Crippen MR) is 37.5 cm³/mol. The summed E-state index contributed by atoms with van der Waals surface area (Å²) >= 11 is 0. The average molecular weight is 161 g/mol. The Bertz CT molecular complexity index is 157. The molecule has 64 valence electrons. The second kappa shape index (κ2) is 3.17. The Hall–Kier alpha value is -0.640. The molecule has 4 heteroatoms. The third kappa shape index (κ3) is 1.68. The Morgan fingerprint density at radius 1 is 1.73 bits per heavy atom. The molecule has 0 unspecified atom stereocenters. The van der Waals surface area contributed by atoms with Gasteiger partial charge in [0.15, 0.2) is 5.67 Å². The molecule has 1 aliphatic rings. The van der Waals surface area contributed by atoms with Gasteiger partial charge in [-0.2, -0.15) is 0 Å². The van der Waals surface area contributed by atoms with E-state index in [1.54, 1.807) is 6.92 Å². The lowest BCUT2D eigenvalue weighted by atomic mass is 9.81. The predicted octanol–water partition coefficient (Wildman–Crippen LogP) is 0.946. The Labute approximate surface area is 64.9 Å². The van der Waals surface area contributed by atoms with Crippen molar-refractivity contribution in [2.45, 2.75) is 31.9 Å². The third-order valence-corrected chi connectivity index (χ3v) is 1.86. The fraction of sp³-hybridized carbons (Fsp3) is 0.857. The van der Waals surface area contributed by atoms with Crippen molar-refractivity contribution >= 4 is 5.91 Å². The second-order valence-electron chi connectivity index (χ2n) is 2.68. The van der Waals surface area contributed by atoms with Crippen molar-refractivity contribution < 1.29 is 14.0 Å². The molecule has 3 nitrogen and oxygen atoms in total. The van der Waals surface area contributed by atoms with Gasteiger partial charge in [0.1, 0.15) is 0 Å². The van der Waals surface area contributed by atoms with Crippen LogP contribution in [0.25, 0.3) is 0 Å². The molecule has 1 saturated carbocycles. The first-order chi connectivity index (χ1) is 5.19. The largest absolute Gasteiger partial charge is 0.281 e. The molecule has 1 amide bonds. The number of hydrogen-bond acceptors (Lipinski definition) is 2. The van der Waals surface area contributed by atoms with Crippen LogP contribution in [-0.4, -0.2) is 18.2 Å². The van der Waals surface area contributed by atoms with Gasteiger partial charge in [-0.05, 0) is 26.2 Å². The summed E-state index contributed by atoms with van der Waals surface area (Å²) in [7, 11) is 0. The first-order valence-corrected chi connectivity index (χ1v) is 3.80. The van der Waals surface area contributed by atoms with Crippen LogP contribution in [0.2, 0.25) is 0 Å². The van der Waals surface area contributed by atoms with Crippen molar-refractivity contribution in [3.8, 4) is 0 Å². The van der Waals surface area contributed by atoms with Crippen LogP contribution in [0, 0.1) is 0 Å². The molecule has 0 aromatic heterocycles. The zero-order chi connectivity index (χ0) is 8.32. The Morgan fingerprint density at radius 3 is 2.73 bits per heavy atom. The van der Waals surface area contributed by atoms with Crippen molar-refractivity contribution in [3.05, 3.63) is 0 Å². The lowest BCUT2D eigenvalue weighted by molar-refractivity contribution is -0.151. The minimum Gasteiger partial charge on any atom is -0.274 e. The van der Waals surface area contributed by atoms with Crippen molar-refractivity contribution in [1.82, 2.24) is 5.48 Å². The van der Waals surface area contributed by atoms with E-state index in [-0.39, 0.29) is 0 Å². The fourth-order valence-corrected chi connectivity index (χ4v) is 0.943. The molecule has 0 spiro atoms.